The van der Waals surface area contributed by atoms with Crippen LogP contribution in [0.1, 0.15) is 18.9 Å². The molecule has 0 aromatic heterocycles. The molecule has 0 atom stereocenters. The van der Waals surface area contributed by atoms with E-state index in [-0.39, 0.29) is 32.1 Å². The Morgan fingerprint density at radius 1 is 1.18 bits per heavy atom. The van der Waals surface area contributed by atoms with Gasteiger partial charge in [-0.15, -0.1) is 0 Å². The Morgan fingerprint density at radius 3 is 2.82 bits per heavy atom. The predicted octanol–water partition coefficient (Wildman–Crippen LogP) is 2.55. The molecule has 1 N–H and O–H groups in total. The Hall–Kier alpha value is -3.35. The van der Waals surface area contributed by atoms with Gasteiger partial charge in [0.05, 0.1) is 12.1 Å². The van der Waals surface area contributed by atoms with Gasteiger partial charge in [0.2, 0.25) is 0 Å². The van der Waals surface area contributed by atoms with Crippen LogP contribution in [0.4, 0.5) is 11.4 Å². The summed E-state index contributed by atoms with van der Waals surface area (Å²) in [5.41, 5.74) is 2.39. The molecule has 28 heavy (non-hydrogen) atoms. The summed E-state index contributed by atoms with van der Waals surface area (Å²) < 4.78 is 10.4. The Bertz CT molecular complexity index is 881. The van der Waals surface area contributed by atoms with Crippen LogP contribution < -0.4 is 15.0 Å². The molecule has 0 aliphatic carbocycles. The van der Waals surface area contributed by atoms with Crippen molar-refractivity contribution >= 4 is 29.2 Å². The van der Waals surface area contributed by atoms with Gasteiger partial charge in [-0.25, -0.2) is 0 Å². The van der Waals surface area contributed by atoms with Gasteiger partial charge < -0.3 is 19.7 Å². The van der Waals surface area contributed by atoms with Crippen LogP contribution in [0.25, 0.3) is 0 Å². The summed E-state index contributed by atoms with van der Waals surface area (Å²) in [6.45, 7) is 1.76. The number of esters is 1. The number of nitrogens with one attached hydrogen (secondary N) is 1. The Morgan fingerprint density at radius 2 is 2.00 bits per heavy atom. The first kappa shape index (κ1) is 19.4. The highest BCUT2D eigenvalue weighted by atomic mass is 16.5. The fourth-order valence-electron chi connectivity index (χ4n) is 2.89. The van der Waals surface area contributed by atoms with Crippen molar-refractivity contribution in [1.29, 1.82) is 0 Å². The van der Waals surface area contributed by atoms with E-state index in [1.54, 1.807) is 24.3 Å². The van der Waals surface area contributed by atoms with Crippen molar-refractivity contribution in [2.45, 2.75) is 19.8 Å². The van der Waals surface area contributed by atoms with Crippen molar-refractivity contribution in [3.63, 3.8) is 0 Å². The fourth-order valence-corrected chi connectivity index (χ4v) is 2.89. The van der Waals surface area contributed by atoms with E-state index in [1.807, 2.05) is 31.2 Å². The van der Waals surface area contributed by atoms with Gasteiger partial charge in [-0.3, -0.25) is 14.4 Å². The van der Waals surface area contributed by atoms with Gasteiger partial charge in [0.25, 0.3) is 11.8 Å². The number of rotatable bonds is 7. The summed E-state index contributed by atoms with van der Waals surface area (Å²) in [6, 6.07) is 14.6. The number of ether oxygens (including phenoxy) is 2. The summed E-state index contributed by atoms with van der Waals surface area (Å²) in [5, 5.41) is 2.70. The first-order valence-corrected chi connectivity index (χ1v) is 9.13. The van der Waals surface area contributed by atoms with Crippen LogP contribution in [0.5, 0.6) is 5.75 Å². The maximum Gasteiger partial charge on any atom is 0.308 e. The number of nitrogens with zero attached hydrogens (tertiary/aromatic N) is 1. The van der Waals surface area contributed by atoms with Gasteiger partial charge >= 0.3 is 5.97 Å². The SMILES string of the molecule is CCc1cccc(NC(=O)COC(=O)CCN2C(=O)COc3ccccc32)c1. The molecule has 7 nitrogen and oxygen atoms in total. The van der Waals surface area contributed by atoms with Gasteiger partial charge in [0.1, 0.15) is 5.75 Å². The van der Waals surface area contributed by atoms with E-state index in [0.29, 0.717) is 17.1 Å². The second kappa shape index (κ2) is 9.03. The molecular formula is C21H22N2O5. The highest BCUT2D eigenvalue weighted by Gasteiger charge is 2.25. The topological polar surface area (TPSA) is 84.9 Å². The standard InChI is InChI=1S/C21H22N2O5/c1-2-15-6-5-7-16(12-15)22-19(24)13-28-21(26)10-11-23-17-8-3-4-9-18(17)27-14-20(23)25/h3-9,12H,2,10-11,13-14H2,1H3,(H,22,24). The van der Waals surface area contributed by atoms with E-state index in [4.69, 9.17) is 9.47 Å². The molecule has 7 heteroatoms. The lowest BCUT2D eigenvalue weighted by atomic mass is 10.1. The Labute approximate surface area is 163 Å². The van der Waals surface area contributed by atoms with Crippen molar-refractivity contribution in [1.82, 2.24) is 0 Å². The number of benzene rings is 2. The lowest BCUT2D eigenvalue weighted by molar-refractivity contribution is -0.147. The number of carbonyl (C=O) groups is 3. The van der Waals surface area contributed by atoms with Crippen LogP contribution >= 0.6 is 0 Å². The second-order valence-electron chi connectivity index (χ2n) is 6.31. The van der Waals surface area contributed by atoms with Crippen LogP contribution in [-0.2, 0) is 25.5 Å². The summed E-state index contributed by atoms with van der Waals surface area (Å²) in [6.07, 6.45) is 0.848. The first-order valence-electron chi connectivity index (χ1n) is 9.13. The molecule has 0 unspecified atom stereocenters. The molecular weight excluding hydrogens is 360 g/mol. The molecule has 0 radical (unpaired) electrons. The minimum Gasteiger partial charge on any atom is -0.482 e. The predicted molar refractivity (Wildman–Crippen MR) is 104 cm³/mol. The number of fused-ring (bicyclic) bond motifs is 1. The number of hydrogen-bond donors (Lipinski definition) is 1. The van der Waals surface area contributed by atoms with Crippen molar-refractivity contribution in [3.05, 3.63) is 54.1 Å². The third kappa shape index (κ3) is 4.88. The van der Waals surface area contributed by atoms with E-state index in [2.05, 4.69) is 5.32 Å². The number of amides is 2. The van der Waals surface area contributed by atoms with Gasteiger partial charge in [-0.1, -0.05) is 31.2 Å². The zero-order valence-corrected chi connectivity index (χ0v) is 15.6. The summed E-state index contributed by atoms with van der Waals surface area (Å²) in [7, 11) is 0. The zero-order valence-electron chi connectivity index (χ0n) is 15.6. The quantitative estimate of drug-likeness (QED) is 0.744. The second-order valence-corrected chi connectivity index (χ2v) is 6.31. The van der Waals surface area contributed by atoms with E-state index >= 15 is 0 Å². The van der Waals surface area contributed by atoms with Crippen LogP contribution in [0.15, 0.2) is 48.5 Å². The number of para-hydroxylation sites is 2. The van der Waals surface area contributed by atoms with E-state index in [0.717, 1.165) is 12.0 Å². The number of anilines is 2. The van der Waals surface area contributed by atoms with Crippen molar-refractivity contribution < 1.29 is 23.9 Å². The molecule has 3 rings (SSSR count). The average Bonchev–Trinajstić information content (AvgIpc) is 2.71. The third-order valence-electron chi connectivity index (χ3n) is 4.33. The molecule has 1 aliphatic rings. The van der Waals surface area contributed by atoms with Gasteiger partial charge in [0, 0.05) is 12.2 Å². The van der Waals surface area contributed by atoms with Gasteiger partial charge in [0.15, 0.2) is 13.2 Å². The fraction of sp³-hybridized carbons (Fsp3) is 0.286. The van der Waals surface area contributed by atoms with E-state index < -0.39 is 11.9 Å². The molecule has 0 saturated carbocycles. The maximum absolute atomic E-state index is 12.1. The molecule has 2 amide bonds. The monoisotopic (exact) mass is 382 g/mol. The van der Waals surface area contributed by atoms with Crippen molar-refractivity contribution in [2.24, 2.45) is 0 Å². The molecule has 146 valence electrons. The summed E-state index contributed by atoms with van der Waals surface area (Å²) in [5.74, 6) is -0.576. The highest BCUT2D eigenvalue weighted by Crippen LogP contribution is 2.31. The lowest BCUT2D eigenvalue weighted by Crippen LogP contribution is -2.40. The molecule has 2 aromatic carbocycles. The summed E-state index contributed by atoms with van der Waals surface area (Å²) in [4.78, 5) is 37.5. The molecule has 1 aliphatic heterocycles. The molecule has 0 bridgehead atoms. The van der Waals surface area contributed by atoms with Crippen LogP contribution in [0.3, 0.4) is 0 Å². The Kier molecular flexibility index (Phi) is 6.26. The normalized spacial score (nSPS) is 12.8. The lowest BCUT2D eigenvalue weighted by Gasteiger charge is -2.28. The van der Waals surface area contributed by atoms with Crippen LogP contribution in [-0.4, -0.2) is 37.5 Å². The largest absolute Gasteiger partial charge is 0.482 e. The number of hydrogen-bond acceptors (Lipinski definition) is 5. The number of carbonyl (C=O) groups excluding carboxylic acids is 3. The van der Waals surface area contributed by atoms with E-state index in [9.17, 15) is 14.4 Å². The van der Waals surface area contributed by atoms with Gasteiger partial charge in [-0.05, 0) is 36.2 Å². The smallest absolute Gasteiger partial charge is 0.308 e. The molecule has 0 fully saturated rings. The van der Waals surface area contributed by atoms with Crippen molar-refractivity contribution in [3.8, 4) is 5.75 Å². The van der Waals surface area contributed by atoms with Gasteiger partial charge in [-0.2, -0.15) is 0 Å². The van der Waals surface area contributed by atoms with Crippen LogP contribution in [0.2, 0.25) is 0 Å². The number of aryl methyl sites for hydroxylation is 1. The Balaban J connectivity index is 1.47. The highest BCUT2D eigenvalue weighted by molar-refractivity contribution is 5.98. The van der Waals surface area contributed by atoms with Crippen LogP contribution in [0, 0.1) is 0 Å². The first-order chi connectivity index (χ1) is 13.6. The molecule has 2 aromatic rings. The molecule has 1 heterocycles. The third-order valence-corrected chi connectivity index (χ3v) is 4.33. The summed E-state index contributed by atoms with van der Waals surface area (Å²) >= 11 is 0. The minimum absolute atomic E-state index is 0.0152. The molecule has 0 spiro atoms. The van der Waals surface area contributed by atoms with E-state index in [1.165, 1.54) is 4.90 Å². The minimum atomic E-state index is -0.547. The van der Waals surface area contributed by atoms with Crippen molar-refractivity contribution in [2.75, 3.05) is 30.0 Å². The molecule has 0 saturated heterocycles. The maximum atomic E-state index is 12.1. The zero-order chi connectivity index (χ0) is 19.9. The average molecular weight is 382 g/mol.